The van der Waals surface area contributed by atoms with Gasteiger partial charge in [0.25, 0.3) is 5.91 Å². The van der Waals surface area contributed by atoms with Crippen LogP contribution >= 0.6 is 0 Å². The smallest absolute Gasteiger partial charge is 0.254 e. The van der Waals surface area contributed by atoms with Gasteiger partial charge in [0.15, 0.2) is 0 Å². The average Bonchev–Trinajstić information content (AvgIpc) is 2.55. The number of nitrogens with zero attached hydrogens (tertiary/aromatic N) is 2. The van der Waals surface area contributed by atoms with Gasteiger partial charge in [0.1, 0.15) is 5.82 Å². The zero-order valence-corrected chi connectivity index (χ0v) is 13.3. The van der Waals surface area contributed by atoms with Crippen LogP contribution in [-0.2, 0) is 0 Å². The monoisotopic (exact) mass is 304 g/mol. The van der Waals surface area contributed by atoms with E-state index in [1.807, 2.05) is 4.90 Å². The molecule has 1 amide bonds. The molecular weight excluding hydrogens is 279 g/mol. The molecule has 0 N–H and O–H groups in total. The van der Waals surface area contributed by atoms with E-state index in [1.54, 1.807) is 12.1 Å². The Labute approximate surface area is 132 Å². The SMILES string of the molecule is C[C@@H]1CCCC[C@@H]1N1CCN(C(=O)c2cccc(F)c2)CC1. The van der Waals surface area contributed by atoms with E-state index in [-0.39, 0.29) is 11.7 Å². The summed E-state index contributed by atoms with van der Waals surface area (Å²) in [5.74, 6) is 0.371. The maximum atomic E-state index is 13.3. The molecule has 4 heteroatoms. The highest BCUT2D eigenvalue weighted by atomic mass is 19.1. The molecule has 2 aliphatic rings. The highest BCUT2D eigenvalue weighted by Crippen LogP contribution is 2.28. The van der Waals surface area contributed by atoms with Crippen LogP contribution in [0, 0.1) is 11.7 Å². The van der Waals surface area contributed by atoms with Crippen LogP contribution in [0.4, 0.5) is 4.39 Å². The van der Waals surface area contributed by atoms with Gasteiger partial charge in [0, 0.05) is 37.8 Å². The molecule has 1 heterocycles. The Morgan fingerprint density at radius 3 is 2.55 bits per heavy atom. The highest BCUT2D eigenvalue weighted by Gasteiger charge is 2.30. The van der Waals surface area contributed by atoms with Crippen molar-refractivity contribution in [2.75, 3.05) is 26.2 Å². The van der Waals surface area contributed by atoms with Crippen LogP contribution in [0.15, 0.2) is 24.3 Å². The van der Waals surface area contributed by atoms with Gasteiger partial charge in [0.05, 0.1) is 0 Å². The summed E-state index contributed by atoms with van der Waals surface area (Å²) in [6.07, 6.45) is 5.30. The second kappa shape index (κ2) is 6.78. The second-order valence-corrected chi connectivity index (χ2v) is 6.67. The topological polar surface area (TPSA) is 23.6 Å². The molecule has 3 nitrogen and oxygen atoms in total. The standard InChI is InChI=1S/C18H25FN2O/c1-14-5-2-3-8-17(14)20-9-11-21(12-10-20)18(22)15-6-4-7-16(19)13-15/h4,6-7,13-14,17H,2-3,5,8-12H2,1H3/t14-,17+/m1/s1. The van der Waals surface area contributed by atoms with Crippen molar-refractivity contribution in [2.45, 2.75) is 38.6 Å². The van der Waals surface area contributed by atoms with Crippen LogP contribution in [0.2, 0.25) is 0 Å². The Kier molecular flexibility index (Phi) is 4.77. The lowest BCUT2D eigenvalue weighted by atomic mass is 9.84. The zero-order valence-electron chi connectivity index (χ0n) is 13.3. The summed E-state index contributed by atoms with van der Waals surface area (Å²) in [7, 11) is 0. The van der Waals surface area contributed by atoms with Crippen molar-refractivity contribution in [1.29, 1.82) is 0 Å². The maximum Gasteiger partial charge on any atom is 0.254 e. The van der Waals surface area contributed by atoms with Crippen molar-refractivity contribution in [3.63, 3.8) is 0 Å². The van der Waals surface area contributed by atoms with Crippen LogP contribution in [0.3, 0.4) is 0 Å². The van der Waals surface area contributed by atoms with Gasteiger partial charge in [-0.2, -0.15) is 0 Å². The van der Waals surface area contributed by atoms with Crippen molar-refractivity contribution in [3.8, 4) is 0 Å². The molecule has 1 saturated carbocycles. The molecule has 2 atom stereocenters. The summed E-state index contributed by atoms with van der Waals surface area (Å²) in [6, 6.07) is 6.68. The van der Waals surface area contributed by atoms with Crippen LogP contribution in [0.5, 0.6) is 0 Å². The summed E-state index contributed by atoms with van der Waals surface area (Å²) in [5, 5.41) is 0. The van der Waals surface area contributed by atoms with E-state index in [0.717, 1.165) is 32.1 Å². The Hall–Kier alpha value is -1.42. The lowest BCUT2D eigenvalue weighted by Crippen LogP contribution is -2.53. The van der Waals surface area contributed by atoms with Gasteiger partial charge in [-0.05, 0) is 37.0 Å². The number of carbonyl (C=O) groups is 1. The molecular formula is C18H25FN2O. The van der Waals surface area contributed by atoms with E-state index in [9.17, 15) is 9.18 Å². The molecule has 1 aliphatic heterocycles. The van der Waals surface area contributed by atoms with Crippen molar-refractivity contribution in [3.05, 3.63) is 35.6 Å². The van der Waals surface area contributed by atoms with Gasteiger partial charge < -0.3 is 4.90 Å². The molecule has 120 valence electrons. The zero-order chi connectivity index (χ0) is 15.5. The normalized spacial score (nSPS) is 26.9. The van der Waals surface area contributed by atoms with Gasteiger partial charge in [-0.25, -0.2) is 4.39 Å². The Morgan fingerprint density at radius 2 is 1.86 bits per heavy atom. The molecule has 1 aliphatic carbocycles. The predicted molar refractivity (Wildman–Crippen MR) is 85.3 cm³/mol. The fourth-order valence-electron chi connectivity index (χ4n) is 3.90. The molecule has 3 rings (SSSR count). The molecule has 2 fully saturated rings. The maximum absolute atomic E-state index is 13.3. The number of hydrogen-bond acceptors (Lipinski definition) is 2. The van der Waals surface area contributed by atoms with Crippen molar-refractivity contribution < 1.29 is 9.18 Å². The van der Waals surface area contributed by atoms with Crippen molar-refractivity contribution >= 4 is 5.91 Å². The molecule has 0 aromatic heterocycles. The first-order chi connectivity index (χ1) is 10.6. The van der Waals surface area contributed by atoms with Crippen LogP contribution in [0.25, 0.3) is 0 Å². The van der Waals surface area contributed by atoms with Crippen LogP contribution in [-0.4, -0.2) is 47.9 Å². The van der Waals surface area contributed by atoms with Crippen molar-refractivity contribution in [1.82, 2.24) is 9.80 Å². The summed E-state index contributed by atoms with van der Waals surface area (Å²) in [4.78, 5) is 16.9. The summed E-state index contributed by atoms with van der Waals surface area (Å²) in [5.41, 5.74) is 0.458. The van der Waals surface area contributed by atoms with Crippen molar-refractivity contribution in [2.24, 2.45) is 5.92 Å². The van der Waals surface area contributed by atoms with E-state index in [4.69, 9.17) is 0 Å². The molecule has 22 heavy (non-hydrogen) atoms. The van der Waals surface area contributed by atoms with Gasteiger partial charge in [-0.15, -0.1) is 0 Å². The minimum atomic E-state index is -0.347. The average molecular weight is 304 g/mol. The van der Waals surface area contributed by atoms with E-state index >= 15 is 0 Å². The van der Waals surface area contributed by atoms with Gasteiger partial charge in [0.2, 0.25) is 0 Å². The first-order valence-electron chi connectivity index (χ1n) is 8.44. The lowest BCUT2D eigenvalue weighted by Gasteiger charge is -2.43. The third kappa shape index (κ3) is 3.32. The number of piperazine rings is 1. The van der Waals surface area contributed by atoms with Crippen LogP contribution < -0.4 is 0 Å². The van der Waals surface area contributed by atoms with Gasteiger partial charge >= 0.3 is 0 Å². The fraction of sp³-hybridized carbons (Fsp3) is 0.611. The van der Waals surface area contributed by atoms with E-state index in [1.165, 1.54) is 37.8 Å². The summed E-state index contributed by atoms with van der Waals surface area (Å²) < 4.78 is 13.3. The Balaban J connectivity index is 1.58. The molecule has 0 unspecified atom stereocenters. The first kappa shape index (κ1) is 15.5. The van der Waals surface area contributed by atoms with Gasteiger partial charge in [-0.1, -0.05) is 25.8 Å². The fourth-order valence-corrected chi connectivity index (χ4v) is 3.90. The third-order valence-electron chi connectivity index (χ3n) is 5.21. The number of benzene rings is 1. The highest BCUT2D eigenvalue weighted by molar-refractivity contribution is 5.94. The number of hydrogen-bond donors (Lipinski definition) is 0. The molecule has 0 radical (unpaired) electrons. The number of carbonyl (C=O) groups excluding carboxylic acids is 1. The van der Waals surface area contributed by atoms with Gasteiger partial charge in [-0.3, -0.25) is 9.69 Å². The Morgan fingerprint density at radius 1 is 1.14 bits per heavy atom. The molecule has 1 aromatic carbocycles. The van der Waals surface area contributed by atoms with Crippen LogP contribution in [0.1, 0.15) is 43.0 Å². The Bertz CT molecular complexity index is 526. The number of amides is 1. The third-order valence-corrected chi connectivity index (χ3v) is 5.21. The van der Waals surface area contributed by atoms with E-state index in [2.05, 4.69) is 11.8 Å². The largest absolute Gasteiger partial charge is 0.336 e. The molecule has 0 spiro atoms. The molecule has 0 bridgehead atoms. The molecule has 1 aromatic rings. The minimum Gasteiger partial charge on any atom is -0.336 e. The summed E-state index contributed by atoms with van der Waals surface area (Å²) >= 11 is 0. The van der Waals surface area contributed by atoms with E-state index < -0.39 is 0 Å². The quantitative estimate of drug-likeness (QED) is 0.838. The van der Waals surface area contributed by atoms with E-state index in [0.29, 0.717) is 11.6 Å². The number of rotatable bonds is 2. The number of halogens is 1. The first-order valence-corrected chi connectivity index (χ1v) is 8.44. The second-order valence-electron chi connectivity index (χ2n) is 6.67. The predicted octanol–water partition coefficient (Wildman–Crippen LogP) is 3.16. The lowest BCUT2D eigenvalue weighted by molar-refractivity contribution is 0.0423. The summed E-state index contributed by atoms with van der Waals surface area (Å²) in [6.45, 7) is 5.73. The molecule has 1 saturated heterocycles. The minimum absolute atomic E-state index is 0.0455.